The molecule has 11 heavy (non-hydrogen) atoms. The van der Waals surface area contributed by atoms with Crippen molar-refractivity contribution in [1.29, 1.82) is 0 Å². The zero-order chi connectivity index (χ0) is 8.27. The predicted molar refractivity (Wildman–Crippen MR) is 44.2 cm³/mol. The molecule has 0 bridgehead atoms. The molecule has 0 aliphatic heterocycles. The lowest BCUT2D eigenvalue weighted by atomic mass is 9.92. The largest absolute Gasteiger partial charge is 0.512 e. The van der Waals surface area contributed by atoms with Gasteiger partial charge in [0.15, 0.2) is 0 Å². The number of hydrogen-bond donors (Lipinski definition) is 2. The lowest BCUT2D eigenvalue weighted by Gasteiger charge is -2.20. The Morgan fingerprint density at radius 3 is 2.91 bits per heavy atom. The Kier molecular flexibility index (Phi) is 2.49. The molecule has 0 saturated carbocycles. The van der Waals surface area contributed by atoms with E-state index in [0.29, 0.717) is 6.42 Å². The van der Waals surface area contributed by atoms with E-state index < -0.39 is 6.10 Å². The summed E-state index contributed by atoms with van der Waals surface area (Å²) < 4.78 is 0. The van der Waals surface area contributed by atoms with Crippen LogP contribution in [0.15, 0.2) is 36.6 Å². The van der Waals surface area contributed by atoms with Gasteiger partial charge in [-0.3, -0.25) is 0 Å². The highest BCUT2D eigenvalue weighted by molar-refractivity contribution is 5.19. The minimum atomic E-state index is -0.571. The topological polar surface area (TPSA) is 40.5 Å². The summed E-state index contributed by atoms with van der Waals surface area (Å²) in [7, 11) is 0. The van der Waals surface area contributed by atoms with Gasteiger partial charge in [0.2, 0.25) is 0 Å². The Labute approximate surface area is 66.2 Å². The van der Waals surface area contributed by atoms with E-state index in [1.165, 1.54) is 0 Å². The standard InChI is InChI=1S/C9H12O2/c1-2-4-7-8(10)5-3-6-9(7)11/h2-3,5-8,10-11H,1,4H2. The molecule has 1 aliphatic carbocycles. The predicted octanol–water partition coefficient (Wildman–Crippen LogP) is 1.55. The van der Waals surface area contributed by atoms with Crippen LogP contribution in [0, 0.1) is 5.92 Å². The van der Waals surface area contributed by atoms with Gasteiger partial charge in [-0.1, -0.05) is 18.2 Å². The van der Waals surface area contributed by atoms with Crippen LogP contribution in [0.3, 0.4) is 0 Å². The fourth-order valence-corrected chi connectivity index (χ4v) is 1.14. The average Bonchev–Trinajstić information content (AvgIpc) is 1.97. The van der Waals surface area contributed by atoms with Crippen molar-refractivity contribution < 1.29 is 10.2 Å². The first kappa shape index (κ1) is 8.08. The molecule has 0 aromatic heterocycles. The van der Waals surface area contributed by atoms with E-state index in [2.05, 4.69) is 6.58 Å². The zero-order valence-corrected chi connectivity index (χ0v) is 6.27. The Morgan fingerprint density at radius 1 is 1.64 bits per heavy atom. The van der Waals surface area contributed by atoms with Crippen LogP contribution in [0.1, 0.15) is 6.42 Å². The van der Waals surface area contributed by atoms with Crippen molar-refractivity contribution in [3.05, 3.63) is 36.6 Å². The van der Waals surface area contributed by atoms with Crippen molar-refractivity contribution in [2.45, 2.75) is 12.5 Å². The third-order valence-electron chi connectivity index (χ3n) is 1.79. The summed E-state index contributed by atoms with van der Waals surface area (Å²) in [6.07, 6.45) is 6.64. The molecule has 0 fully saturated rings. The van der Waals surface area contributed by atoms with Crippen molar-refractivity contribution in [3.63, 3.8) is 0 Å². The van der Waals surface area contributed by atoms with Gasteiger partial charge in [-0.25, -0.2) is 0 Å². The van der Waals surface area contributed by atoms with E-state index in [0.717, 1.165) is 0 Å². The Morgan fingerprint density at radius 2 is 2.36 bits per heavy atom. The minimum absolute atomic E-state index is 0.197. The highest BCUT2D eigenvalue weighted by Crippen LogP contribution is 2.22. The summed E-state index contributed by atoms with van der Waals surface area (Å²) in [6, 6.07) is 0. The molecule has 0 amide bonds. The van der Waals surface area contributed by atoms with Crippen LogP contribution < -0.4 is 0 Å². The van der Waals surface area contributed by atoms with Gasteiger partial charge in [0, 0.05) is 5.92 Å². The third kappa shape index (κ3) is 1.71. The first-order valence-corrected chi connectivity index (χ1v) is 3.62. The van der Waals surface area contributed by atoms with Gasteiger partial charge in [-0.2, -0.15) is 0 Å². The van der Waals surface area contributed by atoms with Gasteiger partial charge in [-0.05, 0) is 12.5 Å². The molecule has 1 aliphatic rings. The average molecular weight is 152 g/mol. The van der Waals surface area contributed by atoms with Crippen LogP contribution in [-0.4, -0.2) is 16.3 Å². The Hall–Kier alpha value is -1.02. The lowest BCUT2D eigenvalue weighted by Crippen LogP contribution is -2.21. The molecule has 0 saturated heterocycles. The van der Waals surface area contributed by atoms with E-state index in [1.54, 1.807) is 24.3 Å². The van der Waals surface area contributed by atoms with Crippen molar-refractivity contribution in [1.82, 2.24) is 0 Å². The van der Waals surface area contributed by atoms with E-state index in [4.69, 9.17) is 0 Å². The monoisotopic (exact) mass is 152 g/mol. The van der Waals surface area contributed by atoms with Gasteiger partial charge < -0.3 is 10.2 Å². The number of aliphatic hydroxyl groups is 2. The van der Waals surface area contributed by atoms with Gasteiger partial charge in [0.05, 0.1) is 11.9 Å². The number of rotatable bonds is 2. The molecule has 2 unspecified atom stereocenters. The van der Waals surface area contributed by atoms with Gasteiger partial charge in [0.25, 0.3) is 0 Å². The molecule has 0 aromatic carbocycles. The molecule has 0 radical (unpaired) electrons. The van der Waals surface area contributed by atoms with Crippen LogP contribution in [0.4, 0.5) is 0 Å². The maximum atomic E-state index is 9.34. The molecule has 60 valence electrons. The molecule has 2 atom stereocenters. The minimum Gasteiger partial charge on any atom is -0.512 e. The van der Waals surface area contributed by atoms with E-state index in [-0.39, 0.29) is 11.7 Å². The maximum Gasteiger partial charge on any atom is 0.0985 e. The molecule has 2 heteroatoms. The third-order valence-corrected chi connectivity index (χ3v) is 1.79. The second-order valence-electron chi connectivity index (χ2n) is 2.60. The molecular weight excluding hydrogens is 140 g/mol. The SMILES string of the molecule is C=CCC1C(O)=CC=CC1O. The van der Waals surface area contributed by atoms with Crippen LogP contribution in [0.2, 0.25) is 0 Å². The number of hydrogen-bond acceptors (Lipinski definition) is 2. The van der Waals surface area contributed by atoms with Gasteiger partial charge in [-0.15, -0.1) is 6.58 Å². The Bertz CT molecular complexity index is 204. The van der Waals surface area contributed by atoms with Crippen molar-refractivity contribution in [2.24, 2.45) is 5.92 Å². The summed E-state index contributed by atoms with van der Waals surface area (Å²) in [6.45, 7) is 3.55. The smallest absolute Gasteiger partial charge is 0.0985 e. The first-order chi connectivity index (χ1) is 5.25. The van der Waals surface area contributed by atoms with E-state index >= 15 is 0 Å². The van der Waals surface area contributed by atoms with Crippen molar-refractivity contribution >= 4 is 0 Å². The maximum absolute atomic E-state index is 9.34. The van der Waals surface area contributed by atoms with Crippen LogP contribution in [0.25, 0.3) is 0 Å². The second kappa shape index (κ2) is 3.39. The van der Waals surface area contributed by atoms with Crippen LogP contribution in [-0.2, 0) is 0 Å². The molecule has 2 N–H and O–H groups in total. The molecule has 0 heterocycles. The first-order valence-electron chi connectivity index (χ1n) is 3.62. The fraction of sp³-hybridized carbons (Fsp3) is 0.333. The molecule has 2 nitrogen and oxygen atoms in total. The van der Waals surface area contributed by atoms with Crippen LogP contribution in [0.5, 0.6) is 0 Å². The number of allylic oxidation sites excluding steroid dienone is 3. The van der Waals surface area contributed by atoms with Gasteiger partial charge >= 0.3 is 0 Å². The normalized spacial score (nSPS) is 29.7. The molecular formula is C9H12O2. The highest BCUT2D eigenvalue weighted by atomic mass is 16.3. The number of aliphatic hydroxyl groups excluding tert-OH is 2. The van der Waals surface area contributed by atoms with E-state index in [1.807, 2.05) is 0 Å². The zero-order valence-electron chi connectivity index (χ0n) is 6.27. The summed E-state index contributed by atoms with van der Waals surface area (Å²) in [4.78, 5) is 0. The molecule has 0 spiro atoms. The highest BCUT2D eigenvalue weighted by Gasteiger charge is 2.21. The summed E-state index contributed by atoms with van der Waals surface area (Å²) >= 11 is 0. The quantitative estimate of drug-likeness (QED) is 0.589. The fourth-order valence-electron chi connectivity index (χ4n) is 1.14. The van der Waals surface area contributed by atoms with E-state index in [9.17, 15) is 10.2 Å². The summed E-state index contributed by atoms with van der Waals surface area (Å²) in [5.74, 6) is 0.0393. The summed E-state index contributed by atoms with van der Waals surface area (Å²) in [5, 5.41) is 18.6. The lowest BCUT2D eigenvalue weighted by molar-refractivity contribution is 0.139. The van der Waals surface area contributed by atoms with Gasteiger partial charge in [0.1, 0.15) is 0 Å². The molecule has 1 rings (SSSR count). The van der Waals surface area contributed by atoms with Crippen LogP contribution >= 0.6 is 0 Å². The second-order valence-corrected chi connectivity index (χ2v) is 2.60. The Balaban J connectivity index is 2.69. The van der Waals surface area contributed by atoms with Crippen molar-refractivity contribution in [3.8, 4) is 0 Å². The summed E-state index contributed by atoms with van der Waals surface area (Å²) in [5.41, 5.74) is 0. The molecule has 0 aromatic rings. The van der Waals surface area contributed by atoms with Crippen molar-refractivity contribution in [2.75, 3.05) is 0 Å².